The molecule has 2 amide bonds. The second-order valence-electron chi connectivity index (χ2n) is 6.32. The lowest BCUT2D eigenvalue weighted by Gasteiger charge is -2.09. The van der Waals surface area contributed by atoms with Gasteiger partial charge in [0, 0.05) is 23.6 Å². The summed E-state index contributed by atoms with van der Waals surface area (Å²) in [5.74, 6) is -0.631. The highest BCUT2D eigenvalue weighted by atomic mass is 35.5. The van der Waals surface area contributed by atoms with Gasteiger partial charge in [0.2, 0.25) is 11.8 Å². The molecule has 5 nitrogen and oxygen atoms in total. The molecule has 0 aliphatic rings. The Morgan fingerprint density at radius 3 is 2.43 bits per heavy atom. The van der Waals surface area contributed by atoms with Crippen molar-refractivity contribution in [3.8, 4) is 10.6 Å². The number of nitrogens with one attached hydrogen (secondary N) is 2. The summed E-state index contributed by atoms with van der Waals surface area (Å²) in [6.07, 6.45) is -4.44. The van der Waals surface area contributed by atoms with Gasteiger partial charge >= 0.3 is 6.18 Å². The van der Waals surface area contributed by atoms with Crippen LogP contribution in [0.15, 0.2) is 47.8 Å². The topological polar surface area (TPSA) is 71.1 Å². The van der Waals surface area contributed by atoms with E-state index in [1.165, 1.54) is 36.5 Å². The van der Waals surface area contributed by atoms with E-state index in [1.54, 1.807) is 17.5 Å². The van der Waals surface area contributed by atoms with Crippen molar-refractivity contribution in [3.63, 3.8) is 0 Å². The monoisotopic (exact) mass is 453 g/mol. The number of carbonyl (C=O) groups excluding carboxylic acids is 2. The first-order valence-corrected chi connectivity index (χ1v) is 9.86. The van der Waals surface area contributed by atoms with Crippen LogP contribution in [-0.4, -0.2) is 16.8 Å². The molecule has 30 heavy (non-hydrogen) atoms. The van der Waals surface area contributed by atoms with Crippen molar-refractivity contribution in [2.75, 3.05) is 10.6 Å². The molecule has 0 bridgehead atoms. The molecule has 0 radical (unpaired) electrons. The highest BCUT2D eigenvalue weighted by molar-refractivity contribution is 7.13. The number of carbonyl (C=O) groups is 2. The number of hydrogen-bond donors (Lipinski definition) is 2. The zero-order valence-corrected chi connectivity index (χ0v) is 17.1. The molecule has 0 fully saturated rings. The standard InChI is InChI=1S/C20H15ClF3N3O2S/c1-11(28)25-14-6-7-16(21)17(8-14)27-18(29)9-15-10-30-19(26-15)12-2-4-13(5-3-12)20(22,23)24/h2-8,10H,9H2,1H3,(H,25,28)(H,27,29). The fourth-order valence-electron chi connectivity index (χ4n) is 2.58. The molecule has 156 valence electrons. The Hall–Kier alpha value is -2.91. The molecule has 10 heteroatoms. The summed E-state index contributed by atoms with van der Waals surface area (Å²) in [5, 5.41) is 7.75. The fourth-order valence-corrected chi connectivity index (χ4v) is 3.57. The van der Waals surface area contributed by atoms with E-state index in [-0.39, 0.29) is 18.2 Å². The minimum atomic E-state index is -4.40. The molecule has 0 aliphatic carbocycles. The van der Waals surface area contributed by atoms with Crippen molar-refractivity contribution < 1.29 is 22.8 Å². The average molecular weight is 454 g/mol. The van der Waals surface area contributed by atoms with Crippen LogP contribution >= 0.6 is 22.9 Å². The van der Waals surface area contributed by atoms with Gasteiger partial charge in [-0.3, -0.25) is 9.59 Å². The number of thiazole rings is 1. The molecule has 1 aromatic heterocycles. The van der Waals surface area contributed by atoms with Crippen LogP contribution in [0, 0.1) is 0 Å². The summed E-state index contributed by atoms with van der Waals surface area (Å²) in [4.78, 5) is 27.8. The average Bonchev–Trinajstić information content (AvgIpc) is 3.12. The third kappa shape index (κ3) is 5.58. The van der Waals surface area contributed by atoms with Crippen LogP contribution < -0.4 is 10.6 Å². The lowest BCUT2D eigenvalue weighted by molar-refractivity contribution is -0.137. The lowest BCUT2D eigenvalue weighted by Crippen LogP contribution is -2.15. The van der Waals surface area contributed by atoms with Crippen molar-refractivity contribution in [1.29, 1.82) is 0 Å². The van der Waals surface area contributed by atoms with Gasteiger partial charge in [-0.15, -0.1) is 11.3 Å². The molecule has 3 aromatic rings. The molecule has 0 atom stereocenters. The quantitative estimate of drug-likeness (QED) is 0.526. The smallest absolute Gasteiger partial charge is 0.326 e. The van der Waals surface area contributed by atoms with E-state index in [2.05, 4.69) is 15.6 Å². The SMILES string of the molecule is CC(=O)Nc1ccc(Cl)c(NC(=O)Cc2csc(-c3ccc(C(F)(F)F)cc3)n2)c1. The number of nitrogens with zero attached hydrogens (tertiary/aromatic N) is 1. The molecule has 0 spiro atoms. The maximum atomic E-state index is 12.7. The number of alkyl halides is 3. The van der Waals surface area contributed by atoms with Gasteiger partial charge < -0.3 is 10.6 Å². The van der Waals surface area contributed by atoms with E-state index in [0.29, 0.717) is 32.7 Å². The molecule has 0 saturated carbocycles. The highest BCUT2D eigenvalue weighted by Crippen LogP contribution is 2.32. The molecular weight excluding hydrogens is 439 g/mol. The van der Waals surface area contributed by atoms with Crippen LogP contribution in [0.25, 0.3) is 10.6 Å². The van der Waals surface area contributed by atoms with Crippen LogP contribution in [0.1, 0.15) is 18.2 Å². The van der Waals surface area contributed by atoms with Crippen molar-refractivity contribution in [1.82, 2.24) is 4.98 Å². The van der Waals surface area contributed by atoms with Crippen LogP contribution in [0.2, 0.25) is 5.02 Å². The summed E-state index contributed by atoms with van der Waals surface area (Å²) in [5.41, 5.74) is 1.10. The number of hydrogen-bond acceptors (Lipinski definition) is 4. The third-order valence-electron chi connectivity index (χ3n) is 3.91. The van der Waals surface area contributed by atoms with Gasteiger partial charge in [0.15, 0.2) is 0 Å². The molecule has 1 heterocycles. The summed E-state index contributed by atoms with van der Waals surface area (Å²) < 4.78 is 38.0. The summed E-state index contributed by atoms with van der Waals surface area (Å²) in [7, 11) is 0. The maximum Gasteiger partial charge on any atom is 0.416 e. The largest absolute Gasteiger partial charge is 0.416 e. The second kappa shape index (κ2) is 8.85. The first-order chi connectivity index (χ1) is 14.1. The minimum absolute atomic E-state index is 0.0438. The van der Waals surface area contributed by atoms with Gasteiger partial charge in [-0.25, -0.2) is 4.98 Å². The Bertz CT molecular complexity index is 1080. The van der Waals surface area contributed by atoms with Gasteiger partial charge in [-0.1, -0.05) is 23.7 Å². The number of halogens is 4. The van der Waals surface area contributed by atoms with Gasteiger partial charge in [0.25, 0.3) is 0 Å². The van der Waals surface area contributed by atoms with Gasteiger partial charge in [-0.2, -0.15) is 13.2 Å². The summed E-state index contributed by atoms with van der Waals surface area (Å²) >= 11 is 7.32. The summed E-state index contributed by atoms with van der Waals surface area (Å²) in [6, 6.07) is 9.37. The van der Waals surface area contributed by atoms with Crippen LogP contribution in [-0.2, 0) is 22.2 Å². The van der Waals surface area contributed by atoms with Crippen LogP contribution in [0.3, 0.4) is 0 Å². The molecule has 2 N–H and O–H groups in total. The van der Waals surface area contributed by atoms with Crippen LogP contribution in [0.5, 0.6) is 0 Å². The molecular formula is C20H15ClF3N3O2S. The number of amides is 2. The van der Waals surface area contributed by atoms with Crippen molar-refractivity contribution in [2.24, 2.45) is 0 Å². The molecule has 2 aromatic carbocycles. The molecule has 0 aliphatic heterocycles. The Morgan fingerprint density at radius 2 is 1.80 bits per heavy atom. The number of anilines is 2. The number of rotatable bonds is 5. The number of aromatic nitrogens is 1. The first-order valence-electron chi connectivity index (χ1n) is 8.61. The zero-order chi connectivity index (χ0) is 21.9. The second-order valence-corrected chi connectivity index (χ2v) is 7.59. The van der Waals surface area contributed by atoms with Crippen molar-refractivity contribution >= 4 is 46.1 Å². The first kappa shape index (κ1) is 21.8. The zero-order valence-electron chi connectivity index (χ0n) is 15.5. The van der Waals surface area contributed by atoms with Gasteiger partial charge in [-0.05, 0) is 30.3 Å². The van der Waals surface area contributed by atoms with E-state index in [0.717, 1.165) is 12.1 Å². The normalized spacial score (nSPS) is 11.2. The Balaban J connectivity index is 1.67. The van der Waals surface area contributed by atoms with E-state index in [1.807, 2.05) is 0 Å². The van der Waals surface area contributed by atoms with Crippen molar-refractivity contribution in [3.05, 3.63) is 64.1 Å². The highest BCUT2D eigenvalue weighted by Gasteiger charge is 2.30. The predicted molar refractivity (Wildman–Crippen MR) is 111 cm³/mol. The fraction of sp³-hybridized carbons (Fsp3) is 0.150. The van der Waals surface area contributed by atoms with E-state index in [4.69, 9.17) is 11.6 Å². The van der Waals surface area contributed by atoms with E-state index >= 15 is 0 Å². The summed E-state index contributed by atoms with van der Waals surface area (Å²) in [6.45, 7) is 1.36. The van der Waals surface area contributed by atoms with E-state index in [9.17, 15) is 22.8 Å². The Kier molecular flexibility index (Phi) is 6.42. The number of benzene rings is 2. The maximum absolute atomic E-state index is 12.7. The predicted octanol–water partition coefficient (Wildman–Crippen LogP) is 5.62. The van der Waals surface area contributed by atoms with E-state index < -0.39 is 11.7 Å². The minimum Gasteiger partial charge on any atom is -0.326 e. The molecule has 3 rings (SSSR count). The van der Waals surface area contributed by atoms with Gasteiger partial charge in [0.05, 0.1) is 28.4 Å². The lowest BCUT2D eigenvalue weighted by atomic mass is 10.1. The van der Waals surface area contributed by atoms with Gasteiger partial charge in [0.1, 0.15) is 5.01 Å². The Morgan fingerprint density at radius 1 is 1.10 bits per heavy atom. The molecule has 0 saturated heterocycles. The third-order valence-corrected chi connectivity index (χ3v) is 5.18. The van der Waals surface area contributed by atoms with Crippen LogP contribution in [0.4, 0.5) is 24.5 Å². The molecule has 0 unspecified atom stereocenters. The van der Waals surface area contributed by atoms with Crippen molar-refractivity contribution in [2.45, 2.75) is 19.5 Å². The Labute approximate surface area is 178 Å².